The molecular formula is C15H17BrN2O2. The van der Waals surface area contributed by atoms with Gasteiger partial charge in [-0.2, -0.15) is 0 Å². The van der Waals surface area contributed by atoms with Gasteiger partial charge in [0.05, 0.1) is 6.54 Å². The number of rotatable bonds is 6. The lowest BCUT2D eigenvalue weighted by Crippen LogP contribution is -2.37. The fourth-order valence-electron chi connectivity index (χ4n) is 1.56. The number of benzene rings is 1. The lowest BCUT2D eigenvalue weighted by molar-refractivity contribution is -0.131. The van der Waals surface area contributed by atoms with Crippen molar-refractivity contribution in [3.63, 3.8) is 0 Å². The summed E-state index contributed by atoms with van der Waals surface area (Å²) in [4.78, 5) is 24.5. The molecule has 0 aliphatic heterocycles. The van der Waals surface area contributed by atoms with Gasteiger partial charge in [-0.1, -0.05) is 46.3 Å². The zero-order valence-corrected chi connectivity index (χ0v) is 12.8. The van der Waals surface area contributed by atoms with Crippen LogP contribution in [0.3, 0.4) is 0 Å². The standard InChI is InChI=1S/C15H17BrN2O2/c1-2-3-4-5-15(20)18(11-14(17)19)10-12-6-8-13(16)9-7-12/h2-9H,10-11H2,1H3,(H2,17,19)/b3-2+,5-4+. The summed E-state index contributed by atoms with van der Waals surface area (Å²) in [7, 11) is 0. The number of carbonyl (C=O) groups excluding carboxylic acids is 2. The van der Waals surface area contributed by atoms with Crippen LogP contribution in [0.5, 0.6) is 0 Å². The van der Waals surface area contributed by atoms with Gasteiger partial charge in [-0.3, -0.25) is 9.59 Å². The molecular weight excluding hydrogens is 320 g/mol. The van der Waals surface area contributed by atoms with Crippen molar-refractivity contribution in [1.82, 2.24) is 4.90 Å². The van der Waals surface area contributed by atoms with E-state index in [0.29, 0.717) is 6.54 Å². The minimum absolute atomic E-state index is 0.102. The molecule has 5 heteroatoms. The number of carbonyl (C=O) groups is 2. The second-order valence-corrected chi connectivity index (χ2v) is 5.09. The number of primary amides is 1. The topological polar surface area (TPSA) is 63.4 Å². The zero-order valence-electron chi connectivity index (χ0n) is 11.3. The average Bonchev–Trinajstić information content (AvgIpc) is 2.40. The summed E-state index contributed by atoms with van der Waals surface area (Å²) in [5, 5.41) is 0. The molecule has 0 saturated heterocycles. The van der Waals surface area contributed by atoms with Crippen LogP contribution in [0.15, 0.2) is 53.0 Å². The Morgan fingerprint density at radius 3 is 2.45 bits per heavy atom. The van der Waals surface area contributed by atoms with Crippen molar-refractivity contribution in [2.24, 2.45) is 5.73 Å². The van der Waals surface area contributed by atoms with Crippen molar-refractivity contribution >= 4 is 27.7 Å². The van der Waals surface area contributed by atoms with Gasteiger partial charge >= 0.3 is 0 Å². The van der Waals surface area contributed by atoms with Crippen molar-refractivity contribution < 1.29 is 9.59 Å². The molecule has 0 aromatic heterocycles. The zero-order chi connectivity index (χ0) is 15.0. The first kappa shape index (κ1) is 16.2. The summed E-state index contributed by atoms with van der Waals surface area (Å²) in [6.07, 6.45) is 6.62. The summed E-state index contributed by atoms with van der Waals surface area (Å²) >= 11 is 3.35. The predicted molar refractivity (Wildman–Crippen MR) is 82.7 cm³/mol. The van der Waals surface area contributed by atoms with Gasteiger partial charge < -0.3 is 10.6 Å². The molecule has 0 radical (unpaired) electrons. The van der Waals surface area contributed by atoms with E-state index >= 15 is 0 Å². The first-order chi connectivity index (χ1) is 9.52. The largest absolute Gasteiger partial charge is 0.368 e. The van der Waals surface area contributed by atoms with Crippen LogP contribution in [-0.2, 0) is 16.1 Å². The highest BCUT2D eigenvalue weighted by atomic mass is 79.9. The first-order valence-corrected chi connectivity index (χ1v) is 6.93. The van der Waals surface area contributed by atoms with Crippen LogP contribution in [-0.4, -0.2) is 23.3 Å². The molecule has 1 aromatic carbocycles. The Morgan fingerprint density at radius 2 is 1.90 bits per heavy atom. The number of hydrogen-bond donors (Lipinski definition) is 1. The van der Waals surface area contributed by atoms with Gasteiger partial charge in [-0.15, -0.1) is 0 Å². The first-order valence-electron chi connectivity index (χ1n) is 6.14. The Balaban J connectivity index is 2.80. The molecule has 1 rings (SSSR count). The third kappa shape index (κ3) is 5.84. The highest BCUT2D eigenvalue weighted by molar-refractivity contribution is 9.10. The van der Waals surface area contributed by atoms with Crippen LogP contribution in [0, 0.1) is 0 Å². The van der Waals surface area contributed by atoms with E-state index < -0.39 is 5.91 Å². The average molecular weight is 337 g/mol. The summed E-state index contributed by atoms with van der Waals surface area (Å²) in [6, 6.07) is 7.55. The molecule has 0 aliphatic rings. The number of halogens is 1. The molecule has 20 heavy (non-hydrogen) atoms. The highest BCUT2D eigenvalue weighted by Gasteiger charge is 2.13. The van der Waals surface area contributed by atoms with Crippen molar-refractivity contribution in [2.75, 3.05) is 6.54 Å². The molecule has 1 aromatic rings. The second-order valence-electron chi connectivity index (χ2n) is 4.17. The SMILES string of the molecule is C/C=C/C=C/C(=O)N(CC(N)=O)Cc1ccc(Br)cc1. The van der Waals surface area contributed by atoms with Crippen LogP contribution in [0.1, 0.15) is 12.5 Å². The Morgan fingerprint density at radius 1 is 1.25 bits per heavy atom. The summed E-state index contributed by atoms with van der Waals surface area (Å²) in [6.45, 7) is 2.10. The smallest absolute Gasteiger partial charge is 0.247 e. The Kier molecular flexibility index (Phi) is 6.73. The molecule has 2 amide bonds. The molecule has 0 atom stereocenters. The Hall–Kier alpha value is -1.88. The molecule has 0 fully saturated rings. The van der Waals surface area contributed by atoms with Gasteiger partial charge in [-0.25, -0.2) is 0 Å². The van der Waals surface area contributed by atoms with E-state index in [2.05, 4.69) is 15.9 Å². The van der Waals surface area contributed by atoms with Gasteiger partial charge in [0.1, 0.15) is 0 Å². The third-order valence-electron chi connectivity index (χ3n) is 2.49. The van der Waals surface area contributed by atoms with E-state index in [1.165, 1.54) is 11.0 Å². The summed E-state index contributed by atoms with van der Waals surface area (Å²) < 4.78 is 0.960. The molecule has 0 heterocycles. The van der Waals surface area contributed by atoms with Crippen molar-refractivity contribution in [1.29, 1.82) is 0 Å². The van der Waals surface area contributed by atoms with Crippen LogP contribution >= 0.6 is 15.9 Å². The maximum Gasteiger partial charge on any atom is 0.247 e. The number of amides is 2. The summed E-state index contributed by atoms with van der Waals surface area (Å²) in [5.74, 6) is -0.778. The van der Waals surface area contributed by atoms with Gasteiger partial charge in [0, 0.05) is 17.1 Å². The van der Waals surface area contributed by atoms with Gasteiger partial charge in [0.2, 0.25) is 11.8 Å². The maximum atomic E-state index is 12.0. The highest BCUT2D eigenvalue weighted by Crippen LogP contribution is 2.12. The fourth-order valence-corrected chi connectivity index (χ4v) is 1.83. The molecule has 0 unspecified atom stereocenters. The molecule has 2 N–H and O–H groups in total. The number of allylic oxidation sites excluding steroid dienone is 3. The molecule has 0 spiro atoms. The minimum Gasteiger partial charge on any atom is -0.368 e. The van der Waals surface area contributed by atoms with E-state index in [1.807, 2.05) is 37.3 Å². The van der Waals surface area contributed by atoms with Crippen LogP contribution in [0.25, 0.3) is 0 Å². The molecule has 106 valence electrons. The van der Waals surface area contributed by atoms with Crippen molar-refractivity contribution in [3.8, 4) is 0 Å². The van der Waals surface area contributed by atoms with Crippen molar-refractivity contribution in [2.45, 2.75) is 13.5 Å². The van der Waals surface area contributed by atoms with Crippen LogP contribution < -0.4 is 5.73 Å². The predicted octanol–water partition coefficient (Wildman–Crippen LogP) is 2.40. The van der Waals surface area contributed by atoms with Gasteiger partial charge in [-0.05, 0) is 24.6 Å². The summed E-state index contributed by atoms with van der Waals surface area (Å²) in [5.41, 5.74) is 6.12. The monoisotopic (exact) mass is 336 g/mol. The number of nitrogens with zero attached hydrogens (tertiary/aromatic N) is 1. The second kappa shape index (κ2) is 8.32. The van der Waals surface area contributed by atoms with E-state index in [-0.39, 0.29) is 12.5 Å². The van der Waals surface area contributed by atoms with Crippen LogP contribution in [0.4, 0.5) is 0 Å². The molecule has 0 saturated carbocycles. The lowest BCUT2D eigenvalue weighted by Gasteiger charge is -2.19. The Labute approximate surface area is 127 Å². The van der Waals surface area contributed by atoms with Gasteiger partial charge in [0.15, 0.2) is 0 Å². The van der Waals surface area contributed by atoms with E-state index in [9.17, 15) is 9.59 Å². The molecule has 4 nitrogen and oxygen atoms in total. The third-order valence-corrected chi connectivity index (χ3v) is 3.02. The van der Waals surface area contributed by atoms with E-state index in [0.717, 1.165) is 10.0 Å². The molecule has 0 aliphatic carbocycles. The fraction of sp³-hybridized carbons (Fsp3) is 0.200. The van der Waals surface area contributed by atoms with E-state index in [1.54, 1.807) is 12.2 Å². The Bertz CT molecular complexity index is 521. The van der Waals surface area contributed by atoms with Crippen LogP contribution in [0.2, 0.25) is 0 Å². The quantitative estimate of drug-likeness (QED) is 0.640. The maximum absolute atomic E-state index is 12.0. The van der Waals surface area contributed by atoms with Crippen molar-refractivity contribution in [3.05, 3.63) is 58.6 Å². The molecule has 0 bridgehead atoms. The van der Waals surface area contributed by atoms with Gasteiger partial charge in [0.25, 0.3) is 0 Å². The van der Waals surface area contributed by atoms with E-state index in [4.69, 9.17) is 5.73 Å². The normalized spacial score (nSPS) is 11.1. The number of hydrogen-bond acceptors (Lipinski definition) is 2. The number of nitrogens with two attached hydrogens (primary N) is 1. The minimum atomic E-state index is -0.533. The lowest BCUT2D eigenvalue weighted by atomic mass is 10.2.